The second-order valence-corrected chi connectivity index (χ2v) is 9.17. The van der Waals surface area contributed by atoms with Crippen LogP contribution < -0.4 is 0 Å². The van der Waals surface area contributed by atoms with E-state index in [9.17, 15) is 5.11 Å². The Morgan fingerprint density at radius 3 is 2.39 bits per heavy atom. The number of hydrogen-bond acceptors (Lipinski definition) is 1. The molecule has 0 radical (unpaired) electrons. The molecule has 0 unspecified atom stereocenters. The van der Waals surface area contributed by atoms with Crippen molar-refractivity contribution in [2.75, 3.05) is 0 Å². The summed E-state index contributed by atoms with van der Waals surface area (Å²) < 4.78 is 0. The van der Waals surface area contributed by atoms with Gasteiger partial charge in [-0.25, -0.2) is 0 Å². The van der Waals surface area contributed by atoms with Gasteiger partial charge >= 0.3 is 0 Å². The number of aliphatic hydroxyl groups is 1. The van der Waals surface area contributed by atoms with Crippen molar-refractivity contribution in [1.29, 1.82) is 0 Å². The predicted molar refractivity (Wildman–Crippen MR) is 81.4 cm³/mol. The van der Waals surface area contributed by atoms with Crippen LogP contribution in [-0.2, 0) is 0 Å². The Morgan fingerprint density at radius 2 is 1.83 bits per heavy atom. The lowest BCUT2D eigenvalue weighted by Crippen LogP contribution is -2.58. The first-order valence-corrected chi connectivity index (χ1v) is 8.46. The van der Waals surface area contributed by atoms with Gasteiger partial charge in [-0.3, -0.25) is 0 Å². The Balaban J connectivity index is 2.32. The monoisotopic (exact) mass is 336 g/mol. The van der Waals surface area contributed by atoms with Crippen LogP contribution >= 0.6 is 27.5 Å². The summed E-state index contributed by atoms with van der Waals surface area (Å²) >= 11 is 10.7. The fraction of sp³-hybridized carbons (Fsp3) is 1.00. The summed E-state index contributed by atoms with van der Waals surface area (Å²) in [6, 6.07) is 0. The molecular formula is C15H26BrClO. The van der Waals surface area contributed by atoms with E-state index >= 15 is 0 Å². The van der Waals surface area contributed by atoms with Crippen LogP contribution in [0.5, 0.6) is 0 Å². The SMILES string of the molecule is CC(C)[C@@]1(Cl)CC[C@]2(C)[C@@H](Br)CC[C@@](C)(O)[C@H]2C1. The minimum absolute atomic E-state index is 0.127. The quantitative estimate of drug-likeness (QED) is 0.685. The van der Waals surface area contributed by atoms with Gasteiger partial charge in [0.15, 0.2) is 0 Å². The van der Waals surface area contributed by atoms with Gasteiger partial charge in [-0.1, -0.05) is 36.7 Å². The minimum atomic E-state index is -0.561. The van der Waals surface area contributed by atoms with Crippen LogP contribution in [0.3, 0.4) is 0 Å². The number of hydrogen-bond donors (Lipinski definition) is 1. The first-order valence-electron chi connectivity index (χ1n) is 7.17. The third-order valence-corrected chi connectivity index (χ3v) is 8.11. The zero-order valence-corrected chi connectivity index (χ0v) is 14.3. The highest BCUT2D eigenvalue weighted by Gasteiger charge is 2.57. The zero-order valence-electron chi connectivity index (χ0n) is 12.0. The predicted octanol–water partition coefficient (Wildman–Crippen LogP) is 4.73. The zero-order chi connectivity index (χ0) is 13.8. The molecular weight excluding hydrogens is 312 g/mol. The fourth-order valence-corrected chi connectivity index (χ4v) is 5.10. The maximum absolute atomic E-state index is 10.8. The number of rotatable bonds is 1. The highest BCUT2D eigenvalue weighted by molar-refractivity contribution is 9.09. The lowest BCUT2D eigenvalue weighted by molar-refractivity contribution is -0.118. The van der Waals surface area contributed by atoms with Crippen molar-refractivity contribution in [3.05, 3.63) is 0 Å². The van der Waals surface area contributed by atoms with E-state index in [1.54, 1.807) is 0 Å². The molecule has 2 saturated carbocycles. The average molecular weight is 338 g/mol. The van der Waals surface area contributed by atoms with Crippen molar-refractivity contribution in [2.45, 2.75) is 75.1 Å². The standard InChI is InChI=1S/C15H26BrClO/c1-10(2)15(17)8-7-13(3)11(9-15)14(4,18)6-5-12(13)16/h10-12,18H,5-9H2,1-4H3/t11-,12-,13-,14+,15+/m0/s1. The van der Waals surface area contributed by atoms with Gasteiger partial charge in [-0.05, 0) is 56.3 Å². The Kier molecular flexibility index (Phi) is 3.89. The highest BCUT2D eigenvalue weighted by Crippen LogP contribution is 2.60. The molecule has 0 amide bonds. The van der Waals surface area contributed by atoms with Gasteiger partial charge in [-0.15, -0.1) is 11.6 Å². The summed E-state index contributed by atoms with van der Waals surface area (Å²) in [6.45, 7) is 8.76. The van der Waals surface area contributed by atoms with Crippen LogP contribution in [0.4, 0.5) is 0 Å². The minimum Gasteiger partial charge on any atom is -0.390 e. The molecule has 2 aliphatic carbocycles. The molecule has 0 saturated heterocycles. The second kappa shape index (κ2) is 4.63. The van der Waals surface area contributed by atoms with Gasteiger partial charge in [0.2, 0.25) is 0 Å². The normalized spacial score (nSPS) is 53.3. The van der Waals surface area contributed by atoms with Crippen LogP contribution in [-0.4, -0.2) is 20.4 Å². The molecule has 0 heterocycles. The molecule has 0 aromatic rings. The fourth-order valence-electron chi connectivity index (χ4n) is 4.08. The topological polar surface area (TPSA) is 20.2 Å². The van der Waals surface area contributed by atoms with E-state index in [1.165, 1.54) is 0 Å². The molecule has 1 N–H and O–H groups in total. The van der Waals surface area contributed by atoms with Crippen molar-refractivity contribution in [1.82, 2.24) is 0 Å². The molecule has 18 heavy (non-hydrogen) atoms. The first kappa shape index (κ1) is 15.1. The van der Waals surface area contributed by atoms with E-state index in [0.29, 0.717) is 16.7 Å². The number of halogens is 2. The Bertz CT molecular complexity index is 330. The Labute approximate surface area is 125 Å². The van der Waals surface area contributed by atoms with Crippen molar-refractivity contribution >= 4 is 27.5 Å². The van der Waals surface area contributed by atoms with Crippen LogP contribution in [0.1, 0.15) is 59.8 Å². The molecule has 5 atom stereocenters. The van der Waals surface area contributed by atoms with Crippen molar-refractivity contribution in [3.63, 3.8) is 0 Å². The molecule has 1 nitrogen and oxygen atoms in total. The van der Waals surface area contributed by atoms with Crippen LogP contribution in [0.25, 0.3) is 0 Å². The molecule has 0 spiro atoms. The van der Waals surface area contributed by atoms with Gasteiger partial charge in [0.05, 0.1) is 5.60 Å². The average Bonchev–Trinajstić information content (AvgIpc) is 2.27. The summed E-state index contributed by atoms with van der Waals surface area (Å²) in [5.74, 6) is 0.770. The van der Waals surface area contributed by atoms with Crippen LogP contribution in [0.15, 0.2) is 0 Å². The largest absolute Gasteiger partial charge is 0.390 e. The van der Waals surface area contributed by atoms with Gasteiger partial charge < -0.3 is 5.11 Å². The van der Waals surface area contributed by atoms with Gasteiger partial charge in [0.25, 0.3) is 0 Å². The van der Waals surface area contributed by atoms with E-state index in [1.807, 2.05) is 6.92 Å². The third kappa shape index (κ3) is 2.27. The summed E-state index contributed by atoms with van der Waals surface area (Å²) in [6.07, 6.45) is 5.08. The molecule has 106 valence electrons. The van der Waals surface area contributed by atoms with Crippen molar-refractivity contribution < 1.29 is 5.11 Å². The van der Waals surface area contributed by atoms with Crippen LogP contribution in [0.2, 0.25) is 0 Å². The first-order chi connectivity index (χ1) is 8.12. The summed E-state index contributed by atoms with van der Waals surface area (Å²) in [5, 5.41) is 10.8. The van der Waals surface area contributed by atoms with Gasteiger partial charge in [0, 0.05) is 9.70 Å². The summed E-state index contributed by atoms with van der Waals surface area (Å²) in [7, 11) is 0. The molecule has 0 aromatic carbocycles. The molecule has 0 aliphatic heterocycles. The van der Waals surface area contributed by atoms with E-state index < -0.39 is 5.60 Å². The third-order valence-electron chi connectivity index (χ3n) is 5.82. The molecule has 2 fully saturated rings. The number of fused-ring (bicyclic) bond motifs is 1. The van der Waals surface area contributed by atoms with Gasteiger partial charge in [-0.2, -0.15) is 0 Å². The maximum Gasteiger partial charge on any atom is 0.0654 e. The van der Waals surface area contributed by atoms with E-state index in [2.05, 4.69) is 36.7 Å². The lowest BCUT2D eigenvalue weighted by atomic mass is 9.52. The van der Waals surface area contributed by atoms with Crippen LogP contribution in [0, 0.1) is 17.3 Å². The van der Waals surface area contributed by atoms with Crippen molar-refractivity contribution in [3.8, 4) is 0 Å². The second-order valence-electron chi connectivity index (χ2n) is 7.32. The van der Waals surface area contributed by atoms with Crippen molar-refractivity contribution in [2.24, 2.45) is 17.3 Å². The number of alkyl halides is 2. The lowest BCUT2D eigenvalue weighted by Gasteiger charge is -2.59. The highest BCUT2D eigenvalue weighted by atomic mass is 79.9. The summed E-state index contributed by atoms with van der Waals surface area (Å²) in [4.78, 5) is 0.390. The smallest absolute Gasteiger partial charge is 0.0654 e. The Hall–Kier alpha value is 0.730. The van der Waals surface area contributed by atoms with E-state index in [4.69, 9.17) is 11.6 Å². The molecule has 2 rings (SSSR count). The molecule has 2 aliphatic rings. The van der Waals surface area contributed by atoms with E-state index in [-0.39, 0.29) is 10.3 Å². The maximum atomic E-state index is 10.8. The molecule has 3 heteroatoms. The molecule has 0 bridgehead atoms. The molecule has 0 aromatic heterocycles. The Morgan fingerprint density at radius 1 is 1.22 bits per heavy atom. The van der Waals surface area contributed by atoms with Gasteiger partial charge in [0.1, 0.15) is 0 Å². The van der Waals surface area contributed by atoms with E-state index in [0.717, 1.165) is 32.1 Å². The summed E-state index contributed by atoms with van der Waals surface area (Å²) in [5.41, 5.74) is -0.372.